The molecule has 6 nitrogen and oxygen atoms in total. The van der Waals surface area contributed by atoms with Crippen molar-refractivity contribution >= 4 is 12.0 Å². The maximum absolute atomic E-state index is 11.3. The van der Waals surface area contributed by atoms with Crippen molar-refractivity contribution in [2.45, 2.75) is 20.3 Å². The average molecular weight is 246 g/mol. The largest absolute Gasteiger partial charge is 0.481 e. The van der Waals surface area contributed by atoms with Crippen molar-refractivity contribution in [3.05, 3.63) is 0 Å². The summed E-state index contributed by atoms with van der Waals surface area (Å²) in [4.78, 5) is 22.2. The molecule has 0 rings (SSSR count). The Morgan fingerprint density at radius 3 is 2.41 bits per heavy atom. The van der Waals surface area contributed by atoms with Gasteiger partial charge >= 0.3 is 12.0 Å². The van der Waals surface area contributed by atoms with Crippen LogP contribution in [0.15, 0.2) is 0 Å². The van der Waals surface area contributed by atoms with E-state index in [1.807, 2.05) is 13.8 Å². The lowest BCUT2D eigenvalue weighted by atomic mass is 9.97. The topological polar surface area (TPSA) is 87.7 Å². The van der Waals surface area contributed by atoms with Gasteiger partial charge in [0.2, 0.25) is 0 Å². The minimum Gasteiger partial charge on any atom is -0.481 e. The summed E-state index contributed by atoms with van der Waals surface area (Å²) in [6, 6.07) is -0.364. The lowest BCUT2D eigenvalue weighted by Gasteiger charge is -2.15. The minimum atomic E-state index is -0.879. The Kier molecular flexibility index (Phi) is 8.13. The second-order valence-electron chi connectivity index (χ2n) is 4.29. The van der Waals surface area contributed by atoms with Crippen molar-refractivity contribution in [2.75, 3.05) is 26.8 Å². The number of aliphatic carboxylic acids is 1. The molecule has 0 aromatic heterocycles. The van der Waals surface area contributed by atoms with Crippen LogP contribution in [-0.4, -0.2) is 43.9 Å². The van der Waals surface area contributed by atoms with Gasteiger partial charge < -0.3 is 20.5 Å². The van der Waals surface area contributed by atoms with Crippen LogP contribution in [0.5, 0.6) is 0 Å². The molecule has 3 N–H and O–H groups in total. The predicted molar refractivity (Wildman–Crippen MR) is 63.9 cm³/mol. The van der Waals surface area contributed by atoms with Gasteiger partial charge in [-0.25, -0.2) is 4.79 Å². The maximum atomic E-state index is 11.3. The van der Waals surface area contributed by atoms with Crippen LogP contribution in [-0.2, 0) is 9.53 Å². The van der Waals surface area contributed by atoms with Crippen molar-refractivity contribution < 1.29 is 19.4 Å². The van der Waals surface area contributed by atoms with E-state index in [4.69, 9.17) is 9.84 Å². The number of amides is 2. The van der Waals surface area contributed by atoms with E-state index >= 15 is 0 Å². The zero-order valence-electron chi connectivity index (χ0n) is 10.7. The third-order valence-electron chi connectivity index (χ3n) is 2.21. The van der Waals surface area contributed by atoms with E-state index in [0.717, 1.165) is 0 Å². The zero-order valence-corrected chi connectivity index (χ0v) is 10.7. The molecule has 0 aliphatic rings. The van der Waals surface area contributed by atoms with Crippen LogP contribution < -0.4 is 10.6 Å². The monoisotopic (exact) mass is 246 g/mol. The molecule has 0 aromatic rings. The van der Waals surface area contributed by atoms with Crippen LogP contribution in [0.1, 0.15) is 20.3 Å². The molecule has 2 amide bonds. The van der Waals surface area contributed by atoms with Crippen LogP contribution in [0.4, 0.5) is 4.79 Å². The highest BCUT2D eigenvalue weighted by atomic mass is 16.5. The molecular weight excluding hydrogens is 224 g/mol. The molecule has 0 bridgehead atoms. The Balaban J connectivity index is 3.87. The highest BCUT2D eigenvalue weighted by Crippen LogP contribution is 2.10. The summed E-state index contributed by atoms with van der Waals surface area (Å²) in [7, 11) is 1.54. The SMILES string of the molecule is COCCNC(=O)NCC(CC(C)C)C(=O)O. The number of carboxylic acids is 1. The Morgan fingerprint density at radius 1 is 1.29 bits per heavy atom. The molecule has 0 aliphatic carbocycles. The molecule has 0 fully saturated rings. The van der Waals surface area contributed by atoms with Crippen LogP contribution in [0, 0.1) is 11.8 Å². The smallest absolute Gasteiger partial charge is 0.314 e. The van der Waals surface area contributed by atoms with Crippen molar-refractivity contribution in [1.29, 1.82) is 0 Å². The summed E-state index contributed by atoms with van der Waals surface area (Å²) in [6.45, 7) is 4.89. The van der Waals surface area contributed by atoms with Gasteiger partial charge in [0.15, 0.2) is 0 Å². The van der Waals surface area contributed by atoms with Gasteiger partial charge in [-0.15, -0.1) is 0 Å². The molecule has 17 heavy (non-hydrogen) atoms. The number of carbonyl (C=O) groups excluding carboxylic acids is 1. The highest BCUT2D eigenvalue weighted by molar-refractivity contribution is 5.75. The Labute approximate surface area is 102 Å². The number of carboxylic acid groups (broad SMARTS) is 1. The standard InChI is InChI=1S/C11H22N2O4/c1-8(2)6-9(10(14)15)7-13-11(16)12-4-5-17-3/h8-9H,4-7H2,1-3H3,(H,14,15)(H2,12,13,16). The van der Waals surface area contributed by atoms with Crippen LogP contribution >= 0.6 is 0 Å². The second-order valence-corrected chi connectivity index (χ2v) is 4.29. The summed E-state index contributed by atoms with van der Waals surface area (Å²) in [6.07, 6.45) is 0.549. The molecule has 0 heterocycles. The molecule has 0 radical (unpaired) electrons. The minimum absolute atomic E-state index is 0.145. The van der Waals surface area contributed by atoms with Crippen LogP contribution in [0.25, 0.3) is 0 Å². The number of nitrogens with one attached hydrogen (secondary N) is 2. The summed E-state index contributed by atoms with van der Waals surface area (Å²) < 4.78 is 4.77. The third kappa shape index (κ3) is 8.50. The van der Waals surface area contributed by atoms with Gasteiger partial charge in [-0.3, -0.25) is 4.79 Å². The highest BCUT2D eigenvalue weighted by Gasteiger charge is 2.19. The third-order valence-corrected chi connectivity index (χ3v) is 2.21. The molecular formula is C11H22N2O4. The van der Waals surface area contributed by atoms with Gasteiger partial charge in [0.25, 0.3) is 0 Å². The first-order valence-electron chi connectivity index (χ1n) is 5.70. The molecule has 0 saturated carbocycles. The number of hydrogen-bond donors (Lipinski definition) is 3. The van der Waals surface area contributed by atoms with Gasteiger partial charge in [0, 0.05) is 20.2 Å². The molecule has 100 valence electrons. The first kappa shape index (κ1) is 15.7. The molecule has 1 unspecified atom stereocenters. The van der Waals surface area contributed by atoms with Crippen LogP contribution in [0.2, 0.25) is 0 Å². The Bertz CT molecular complexity index is 244. The van der Waals surface area contributed by atoms with E-state index in [1.54, 1.807) is 7.11 Å². The number of carbonyl (C=O) groups is 2. The molecule has 0 aliphatic heterocycles. The summed E-state index contributed by atoms with van der Waals surface area (Å²) in [5.41, 5.74) is 0. The lowest BCUT2D eigenvalue weighted by molar-refractivity contribution is -0.142. The summed E-state index contributed by atoms with van der Waals surface area (Å²) >= 11 is 0. The first-order valence-corrected chi connectivity index (χ1v) is 5.70. The van der Waals surface area contributed by atoms with E-state index in [2.05, 4.69) is 10.6 Å². The fourth-order valence-corrected chi connectivity index (χ4v) is 1.39. The van der Waals surface area contributed by atoms with E-state index in [0.29, 0.717) is 19.6 Å². The van der Waals surface area contributed by atoms with Gasteiger partial charge in [-0.05, 0) is 12.3 Å². The lowest BCUT2D eigenvalue weighted by Crippen LogP contribution is -2.41. The molecule has 0 aromatic carbocycles. The van der Waals surface area contributed by atoms with Gasteiger partial charge in [-0.1, -0.05) is 13.8 Å². The first-order chi connectivity index (χ1) is 7.97. The number of rotatable bonds is 8. The number of methoxy groups -OCH3 is 1. The fraction of sp³-hybridized carbons (Fsp3) is 0.818. The number of ether oxygens (including phenoxy) is 1. The van der Waals surface area contributed by atoms with Crippen molar-refractivity contribution in [1.82, 2.24) is 10.6 Å². The van der Waals surface area contributed by atoms with E-state index in [9.17, 15) is 9.59 Å². The fourth-order valence-electron chi connectivity index (χ4n) is 1.39. The summed E-state index contributed by atoms with van der Waals surface area (Å²) in [5, 5.41) is 14.1. The second kappa shape index (κ2) is 8.81. The van der Waals surface area contributed by atoms with Crippen molar-refractivity contribution in [3.8, 4) is 0 Å². The number of urea groups is 1. The average Bonchev–Trinajstić information content (AvgIpc) is 2.23. The van der Waals surface area contributed by atoms with Crippen molar-refractivity contribution in [2.24, 2.45) is 11.8 Å². The zero-order chi connectivity index (χ0) is 13.3. The summed E-state index contributed by atoms with van der Waals surface area (Å²) in [5.74, 6) is -1.13. The van der Waals surface area contributed by atoms with E-state index in [-0.39, 0.29) is 18.5 Å². The predicted octanol–water partition coefficient (Wildman–Crippen LogP) is 0.679. The quantitative estimate of drug-likeness (QED) is 0.549. The number of hydrogen-bond acceptors (Lipinski definition) is 3. The molecule has 6 heteroatoms. The Hall–Kier alpha value is -1.30. The van der Waals surface area contributed by atoms with E-state index < -0.39 is 11.9 Å². The van der Waals surface area contributed by atoms with Gasteiger partial charge in [0.05, 0.1) is 12.5 Å². The van der Waals surface area contributed by atoms with Crippen molar-refractivity contribution in [3.63, 3.8) is 0 Å². The Morgan fingerprint density at radius 2 is 1.94 bits per heavy atom. The maximum Gasteiger partial charge on any atom is 0.314 e. The van der Waals surface area contributed by atoms with Crippen LogP contribution in [0.3, 0.4) is 0 Å². The normalized spacial score (nSPS) is 12.2. The molecule has 0 saturated heterocycles. The molecule has 0 spiro atoms. The van der Waals surface area contributed by atoms with E-state index in [1.165, 1.54) is 0 Å². The molecule has 1 atom stereocenters. The van der Waals surface area contributed by atoms with Gasteiger partial charge in [0.1, 0.15) is 0 Å². The van der Waals surface area contributed by atoms with Gasteiger partial charge in [-0.2, -0.15) is 0 Å².